The minimum atomic E-state index is -0.674. The number of hydrogen-bond acceptors (Lipinski definition) is 6. The third-order valence-corrected chi connectivity index (χ3v) is 5.07. The van der Waals surface area contributed by atoms with Crippen molar-refractivity contribution >= 4 is 33.8 Å². The summed E-state index contributed by atoms with van der Waals surface area (Å²) < 4.78 is 0. The molecule has 0 radical (unpaired) electrons. The summed E-state index contributed by atoms with van der Waals surface area (Å²) in [5.74, 6) is 1.02. The maximum Gasteiger partial charge on any atom is 0.304 e. The third-order valence-electron chi connectivity index (χ3n) is 3.04. The van der Waals surface area contributed by atoms with Crippen LogP contribution in [0.2, 0.25) is 0 Å². The molecule has 1 N–H and O–H groups in total. The molecule has 1 aromatic rings. The first-order chi connectivity index (χ1) is 8.88. The van der Waals surface area contributed by atoms with Gasteiger partial charge in [0.05, 0.1) is 11.0 Å². The Morgan fingerprint density at radius 2 is 2.21 bits per heavy atom. The summed E-state index contributed by atoms with van der Waals surface area (Å²) in [4.78, 5) is 13.3. The standard InChI is InChI=1S/C12H20N2O3S2/c1-8(5-6-18-4)13(3)12-10(14(16)17)7-11(19-12)9(2)15/h7-9,15H,5-6H2,1-4H3/t8?,9-/m1/s1. The van der Waals surface area contributed by atoms with Crippen LogP contribution in [0.4, 0.5) is 10.7 Å². The molecule has 0 saturated carbocycles. The highest BCUT2D eigenvalue weighted by atomic mass is 32.2. The van der Waals surface area contributed by atoms with Crippen molar-refractivity contribution in [3.05, 3.63) is 21.1 Å². The van der Waals surface area contributed by atoms with Gasteiger partial charge in [0.2, 0.25) is 0 Å². The fourth-order valence-corrected chi connectivity index (χ4v) is 3.36. The quantitative estimate of drug-likeness (QED) is 0.618. The van der Waals surface area contributed by atoms with E-state index < -0.39 is 6.10 Å². The topological polar surface area (TPSA) is 66.6 Å². The van der Waals surface area contributed by atoms with E-state index in [1.165, 1.54) is 17.4 Å². The molecule has 0 fully saturated rings. The number of anilines is 1. The Labute approximate surface area is 121 Å². The number of aliphatic hydroxyl groups excluding tert-OH is 1. The first kappa shape index (κ1) is 16.3. The van der Waals surface area contributed by atoms with Gasteiger partial charge in [0.25, 0.3) is 0 Å². The molecule has 0 saturated heterocycles. The zero-order chi connectivity index (χ0) is 14.6. The number of aliphatic hydroxyl groups is 1. The van der Waals surface area contributed by atoms with E-state index in [1.54, 1.807) is 18.7 Å². The average Bonchev–Trinajstić information content (AvgIpc) is 2.80. The zero-order valence-corrected chi connectivity index (χ0v) is 13.3. The van der Waals surface area contributed by atoms with Crippen molar-refractivity contribution in [2.45, 2.75) is 32.4 Å². The minimum absolute atomic E-state index is 0.0828. The number of nitro groups is 1. The maximum atomic E-state index is 11.1. The van der Waals surface area contributed by atoms with Crippen LogP contribution in [0.15, 0.2) is 6.07 Å². The molecule has 0 spiro atoms. The Hall–Kier alpha value is -0.790. The molecule has 1 aromatic heterocycles. The van der Waals surface area contributed by atoms with Gasteiger partial charge in [0.15, 0.2) is 5.00 Å². The van der Waals surface area contributed by atoms with Gasteiger partial charge >= 0.3 is 5.69 Å². The lowest BCUT2D eigenvalue weighted by molar-refractivity contribution is -0.383. The van der Waals surface area contributed by atoms with Crippen LogP contribution in [0, 0.1) is 10.1 Å². The van der Waals surface area contributed by atoms with Gasteiger partial charge in [-0.15, -0.1) is 11.3 Å². The fraction of sp³-hybridized carbons (Fsp3) is 0.667. The molecule has 0 bridgehead atoms. The van der Waals surface area contributed by atoms with Crippen molar-refractivity contribution in [3.63, 3.8) is 0 Å². The number of thioether (sulfide) groups is 1. The summed E-state index contributed by atoms with van der Waals surface area (Å²) in [7, 11) is 1.87. The Bertz CT molecular complexity index is 435. The maximum absolute atomic E-state index is 11.1. The van der Waals surface area contributed by atoms with Crippen molar-refractivity contribution in [3.8, 4) is 0 Å². The first-order valence-corrected chi connectivity index (χ1v) is 8.27. The minimum Gasteiger partial charge on any atom is -0.388 e. The number of hydrogen-bond donors (Lipinski definition) is 1. The molecule has 0 aromatic carbocycles. The van der Waals surface area contributed by atoms with E-state index in [-0.39, 0.29) is 16.7 Å². The van der Waals surface area contributed by atoms with E-state index in [0.29, 0.717) is 9.88 Å². The van der Waals surface area contributed by atoms with Crippen molar-refractivity contribution < 1.29 is 10.0 Å². The molecule has 2 atom stereocenters. The second kappa shape index (κ2) is 7.12. The summed E-state index contributed by atoms with van der Waals surface area (Å²) >= 11 is 3.06. The smallest absolute Gasteiger partial charge is 0.304 e. The van der Waals surface area contributed by atoms with Crippen LogP contribution in [0.3, 0.4) is 0 Å². The van der Waals surface area contributed by atoms with Gasteiger partial charge in [-0.05, 0) is 32.3 Å². The molecule has 0 aliphatic rings. The van der Waals surface area contributed by atoms with Gasteiger partial charge in [-0.2, -0.15) is 11.8 Å². The Kier molecular flexibility index (Phi) is 6.09. The Morgan fingerprint density at radius 3 is 2.68 bits per heavy atom. The molecule has 1 heterocycles. The van der Waals surface area contributed by atoms with E-state index in [0.717, 1.165) is 12.2 Å². The highest BCUT2D eigenvalue weighted by molar-refractivity contribution is 7.98. The SMILES string of the molecule is CSCCC(C)N(C)c1sc([C@@H](C)O)cc1[N+](=O)[O-]. The van der Waals surface area contributed by atoms with E-state index in [9.17, 15) is 15.2 Å². The van der Waals surface area contributed by atoms with Crippen molar-refractivity contribution in [1.29, 1.82) is 0 Å². The van der Waals surface area contributed by atoms with Gasteiger partial charge in [-0.3, -0.25) is 10.1 Å². The van der Waals surface area contributed by atoms with Crippen LogP contribution in [-0.2, 0) is 0 Å². The van der Waals surface area contributed by atoms with Gasteiger partial charge in [-0.25, -0.2) is 0 Å². The van der Waals surface area contributed by atoms with Crippen LogP contribution in [0.1, 0.15) is 31.2 Å². The molecule has 0 aliphatic carbocycles. The van der Waals surface area contributed by atoms with Crippen molar-refractivity contribution in [2.75, 3.05) is 24.0 Å². The van der Waals surface area contributed by atoms with Gasteiger partial charge in [0, 0.05) is 24.0 Å². The predicted molar refractivity (Wildman–Crippen MR) is 82.5 cm³/mol. The average molecular weight is 304 g/mol. The van der Waals surface area contributed by atoms with Crippen LogP contribution >= 0.6 is 23.1 Å². The molecule has 1 unspecified atom stereocenters. The van der Waals surface area contributed by atoms with Crippen LogP contribution in [0.25, 0.3) is 0 Å². The Morgan fingerprint density at radius 1 is 1.58 bits per heavy atom. The molecule has 0 aliphatic heterocycles. The van der Waals surface area contributed by atoms with Crippen molar-refractivity contribution in [2.24, 2.45) is 0 Å². The molecule has 5 nitrogen and oxygen atoms in total. The van der Waals surface area contributed by atoms with E-state index in [1.807, 2.05) is 18.2 Å². The molecule has 7 heteroatoms. The summed E-state index contributed by atoms with van der Waals surface area (Å²) in [5, 5.41) is 21.3. The zero-order valence-electron chi connectivity index (χ0n) is 11.6. The first-order valence-electron chi connectivity index (χ1n) is 6.06. The summed E-state index contributed by atoms with van der Waals surface area (Å²) in [5.41, 5.74) is 0.0828. The van der Waals surface area contributed by atoms with Crippen molar-refractivity contribution in [1.82, 2.24) is 0 Å². The second-order valence-electron chi connectivity index (χ2n) is 4.51. The summed E-state index contributed by atoms with van der Waals surface area (Å²) in [6, 6.07) is 1.70. The lowest BCUT2D eigenvalue weighted by Crippen LogP contribution is -2.29. The normalized spacial score (nSPS) is 14.2. The second-order valence-corrected chi connectivity index (χ2v) is 6.56. The largest absolute Gasteiger partial charge is 0.388 e. The van der Waals surface area contributed by atoms with Crippen LogP contribution < -0.4 is 4.90 Å². The summed E-state index contributed by atoms with van der Waals surface area (Å²) in [6.45, 7) is 3.68. The molecule has 1 rings (SSSR count). The highest BCUT2D eigenvalue weighted by Crippen LogP contribution is 2.40. The number of rotatable bonds is 7. The van der Waals surface area contributed by atoms with Crippen LogP contribution in [0.5, 0.6) is 0 Å². The fourth-order valence-electron chi connectivity index (χ4n) is 1.66. The molecule has 108 valence electrons. The van der Waals surface area contributed by atoms with Gasteiger partial charge in [0.1, 0.15) is 0 Å². The molecule has 19 heavy (non-hydrogen) atoms. The lowest BCUT2D eigenvalue weighted by Gasteiger charge is -2.24. The molecule has 0 amide bonds. The summed E-state index contributed by atoms with van der Waals surface area (Å²) in [6.07, 6.45) is 2.34. The number of nitrogens with zero attached hydrogens (tertiary/aromatic N) is 2. The molecular formula is C12H20N2O3S2. The predicted octanol–water partition coefficient (Wildman–Crippen LogP) is 3.29. The van der Waals surface area contributed by atoms with E-state index in [2.05, 4.69) is 6.92 Å². The highest BCUT2D eigenvalue weighted by Gasteiger charge is 2.25. The third kappa shape index (κ3) is 4.09. The van der Waals surface area contributed by atoms with Gasteiger partial charge < -0.3 is 10.0 Å². The molecular weight excluding hydrogens is 284 g/mol. The lowest BCUT2D eigenvalue weighted by atomic mass is 10.2. The Balaban J connectivity index is 3.00. The van der Waals surface area contributed by atoms with Crippen LogP contribution in [-0.4, -0.2) is 35.1 Å². The van der Waals surface area contributed by atoms with E-state index in [4.69, 9.17) is 0 Å². The monoisotopic (exact) mass is 304 g/mol. The van der Waals surface area contributed by atoms with Gasteiger partial charge in [-0.1, -0.05) is 0 Å². The number of thiophene rings is 1. The van der Waals surface area contributed by atoms with E-state index >= 15 is 0 Å².